The van der Waals surface area contributed by atoms with E-state index in [0.717, 1.165) is 11.1 Å². The van der Waals surface area contributed by atoms with E-state index in [0.29, 0.717) is 22.6 Å². The third-order valence-corrected chi connectivity index (χ3v) is 4.98. The van der Waals surface area contributed by atoms with Crippen molar-refractivity contribution in [1.82, 2.24) is 0 Å². The Kier molecular flexibility index (Phi) is 7.35. The molecule has 3 aromatic rings. The number of carbonyl (C=O) groups excluding carboxylic acids is 1. The molecule has 0 aliphatic heterocycles. The van der Waals surface area contributed by atoms with Crippen LogP contribution in [0.4, 0.5) is 13.2 Å². The number of hydrogen-bond donors (Lipinski definition) is 0. The van der Waals surface area contributed by atoms with Crippen molar-refractivity contribution in [2.45, 2.75) is 32.5 Å². The summed E-state index contributed by atoms with van der Waals surface area (Å²) in [6.07, 6.45) is -1.89. The topological polar surface area (TPSA) is 44.8 Å². The van der Waals surface area contributed by atoms with E-state index in [1.54, 1.807) is 24.3 Å². The van der Waals surface area contributed by atoms with E-state index in [1.807, 2.05) is 24.3 Å². The highest BCUT2D eigenvalue weighted by atomic mass is 19.4. The van der Waals surface area contributed by atoms with Gasteiger partial charge in [0.05, 0.1) is 7.11 Å². The second-order valence-electron chi connectivity index (χ2n) is 8.56. The van der Waals surface area contributed by atoms with Gasteiger partial charge >= 0.3 is 12.3 Å². The molecule has 0 heterocycles. The quantitative estimate of drug-likeness (QED) is 0.276. The lowest BCUT2D eigenvalue weighted by atomic mass is 9.87. The highest BCUT2D eigenvalue weighted by molar-refractivity contribution is 5.87. The molecular weight excluding hydrogens is 445 g/mol. The summed E-state index contributed by atoms with van der Waals surface area (Å²) in [6, 6.07) is 18.6. The van der Waals surface area contributed by atoms with Crippen molar-refractivity contribution >= 4 is 12.0 Å². The van der Waals surface area contributed by atoms with E-state index < -0.39 is 12.3 Å². The third kappa shape index (κ3) is 6.88. The highest BCUT2D eigenvalue weighted by Gasteiger charge is 2.31. The predicted molar refractivity (Wildman–Crippen MR) is 125 cm³/mol. The van der Waals surface area contributed by atoms with E-state index in [-0.39, 0.29) is 11.2 Å². The van der Waals surface area contributed by atoms with Gasteiger partial charge in [-0.1, -0.05) is 57.2 Å². The molecule has 0 N–H and O–H groups in total. The average molecular weight is 470 g/mol. The van der Waals surface area contributed by atoms with Crippen molar-refractivity contribution in [2.24, 2.45) is 0 Å². The van der Waals surface area contributed by atoms with Gasteiger partial charge in [0.2, 0.25) is 0 Å². The molecule has 0 bridgehead atoms. The highest BCUT2D eigenvalue weighted by Crippen LogP contribution is 2.34. The van der Waals surface area contributed by atoms with E-state index in [4.69, 9.17) is 4.74 Å². The zero-order valence-corrected chi connectivity index (χ0v) is 19.3. The van der Waals surface area contributed by atoms with Crippen LogP contribution in [0.2, 0.25) is 0 Å². The molecule has 0 unspecified atom stereocenters. The number of methoxy groups -OCH3 is 1. The SMILES string of the molecule is COC(=O)/C=C\c1ccc(-c2ccc(OC(F)(F)F)cc2)cc1Oc1ccc(C(C)(C)C)cc1. The fourth-order valence-electron chi connectivity index (χ4n) is 3.16. The van der Waals surface area contributed by atoms with Gasteiger partial charge in [0, 0.05) is 11.6 Å². The lowest BCUT2D eigenvalue weighted by molar-refractivity contribution is -0.274. The van der Waals surface area contributed by atoms with Gasteiger partial charge in [0.1, 0.15) is 17.2 Å². The molecule has 178 valence electrons. The molecule has 4 nitrogen and oxygen atoms in total. The van der Waals surface area contributed by atoms with E-state index >= 15 is 0 Å². The minimum Gasteiger partial charge on any atom is -0.466 e. The van der Waals surface area contributed by atoms with Gasteiger partial charge in [-0.15, -0.1) is 13.2 Å². The standard InChI is InChI=1S/C27H25F3O4/c1-26(2,3)21-10-14-22(15-11-21)33-24-17-20(6-5-19(24)9-16-25(31)32-4)18-7-12-23(13-8-18)34-27(28,29)30/h5-17H,1-4H3/b16-9-. The van der Waals surface area contributed by atoms with Crippen LogP contribution in [0.3, 0.4) is 0 Å². The first kappa shape index (κ1) is 24.9. The van der Waals surface area contributed by atoms with Crippen LogP contribution in [0.5, 0.6) is 17.2 Å². The maximum atomic E-state index is 12.4. The molecule has 0 radical (unpaired) electrons. The summed E-state index contributed by atoms with van der Waals surface area (Å²) in [5.41, 5.74) is 3.17. The number of carbonyl (C=O) groups is 1. The molecule has 0 fully saturated rings. The van der Waals surface area contributed by atoms with Crippen LogP contribution in [-0.2, 0) is 14.9 Å². The number of rotatable bonds is 6. The van der Waals surface area contributed by atoms with Gasteiger partial charge in [-0.3, -0.25) is 0 Å². The molecule has 0 saturated heterocycles. The summed E-state index contributed by atoms with van der Waals surface area (Å²) in [6.45, 7) is 6.35. The van der Waals surface area contributed by atoms with Crippen molar-refractivity contribution in [1.29, 1.82) is 0 Å². The summed E-state index contributed by atoms with van der Waals surface area (Å²) >= 11 is 0. The molecular formula is C27H25F3O4. The summed E-state index contributed by atoms with van der Waals surface area (Å²) in [5.74, 6) is 0.262. The minimum absolute atomic E-state index is 0.00511. The fraction of sp³-hybridized carbons (Fsp3) is 0.222. The molecule has 0 aliphatic carbocycles. The molecule has 0 amide bonds. The Hall–Kier alpha value is -3.74. The molecule has 34 heavy (non-hydrogen) atoms. The summed E-state index contributed by atoms with van der Waals surface area (Å²) < 4.78 is 52.0. The number of hydrogen-bond acceptors (Lipinski definition) is 4. The first-order valence-corrected chi connectivity index (χ1v) is 10.5. The maximum absolute atomic E-state index is 12.4. The normalized spacial score (nSPS) is 12.0. The molecule has 7 heteroatoms. The van der Waals surface area contributed by atoms with E-state index in [1.165, 1.54) is 37.5 Å². The van der Waals surface area contributed by atoms with Gasteiger partial charge in [-0.25, -0.2) is 4.79 Å². The van der Waals surface area contributed by atoms with E-state index in [2.05, 4.69) is 30.2 Å². The number of esters is 1. The summed E-state index contributed by atoms with van der Waals surface area (Å²) in [7, 11) is 1.29. The lowest BCUT2D eigenvalue weighted by Gasteiger charge is -2.19. The first-order chi connectivity index (χ1) is 15.9. The second kappa shape index (κ2) is 10.0. The molecule has 0 aromatic heterocycles. The number of alkyl halides is 3. The zero-order chi connectivity index (χ0) is 24.9. The van der Waals surface area contributed by atoms with Gasteiger partial charge in [-0.2, -0.15) is 0 Å². The second-order valence-corrected chi connectivity index (χ2v) is 8.56. The molecule has 0 atom stereocenters. The molecule has 0 saturated carbocycles. The van der Waals surface area contributed by atoms with Gasteiger partial charge in [0.15, 0.2) is 0 Å². The predicted octanol–water partition coefficient (Wildman–Crippen LogP) is 7.53. The number of benzene rings is 3. The summed E-state index contributed by atoms with van der Waals surface area (Å²) in [5, 5.41) is 0. The Morgan fingerprint density at radius 1 is 0.824 bits per heavy atom. The fourth-order valence-corrected chi connectivity index (χ4v) is 3.16. The largest absolute Gasteiger partial charge is 0.573 e. The van der Waals surface area contributed by atoms with Gasteiger partial charge < -0.3 is 14.2 Å². The molecule has 0 spiro atoms. The van der Waals surface area contributed by atoms with Crippen LogP contribution in [0.15, 0.2) is 72.8 Å². The van der Waals surface area contributed by atoms with Crippen LogP contribution in [-0.4, -0.2) is 19.4 Å². The van der Waals surface area contributed by atoms with Crippen LogP contribution in [0, 0.1) is 0 Å². The maximum Gasteiger partial charge on any atom is 0.573 e. The number of halogens is 3. The van der Waals surface area contributed by atoms with Crippen LogP contribution >= 0.6 is 0 Å². The van der Waals surface area contributed by atoms with E-state index in [9.17, 15) is 18.0 Å². The van der Waals surface area contributed by atoms with Gasteiger partial charge in [0.25, 0.3) is 0 Å². The Bertz CT molecular complexity index is 1160. The Balaban J connectivity index is 1.94. The Morgan fingerprint density at radius 2 is 1.41 bits per heavy atom. The van der Waals surface area contributed by atoms with Crippen molar-refractivity contribution in [2.75, 3.05) is 7.11 Å². The van der Waals surface area contributed by atoms with Crippen LogP contribution in [0.1, 0.15) is 31.9 Å². The minimum atomic E-state index is -4.75. The number of ether oxygens (including phenoxy) is 3. The Labute approximate surface area is 196 Å². The van der Waals surface area contributed by atoms with Crippen LogP contribution < -0.4 is 9.47 Å². The smallest absolute Gasteiger partial charge is 0.466 e. The van der Waals surface area contributed by atoms with Crippen molar-refractivity contribution in [3.05, 3.63) is 83.9 Å². The van der Waals surface area contributed by atoms with Crippen molar-refractivity contribution in [3.8, 4) is 28.4 Å². The zero-order valence-electron chi connectivity index (χ0n) is 19.3. The van der Waals surface area contributed by atoms with Crippen molar-refractivity contribution in [3.63, 3.8) is 0 Å². The van der Waals surface area contributed by atoms with Crippen molar-refractivity contribution < 1.29 is 32.2 Å². The monoisotopic (exact) mass is 470 g/mol. The molecule has 3 rings (SSSR count). The lowest BCUT2D eigenvalue weighted by Crippen LogP contribution is -2.16. The summed E-state index contributed by atoms with van der Waals surface area (Å²) in [4.78, 5) is 11.6. The van der Waals surface area contributed by atoms with Crippen LogP contribution in [0.25, 0.3) is 17.2 Å². The average Bonchev–Trinajstić information content (AvgIpc) is 2.77. The first-order valence-electron chi connectivity index (χ1n) is 10.5. The Morgan fingerprint density at radius 3 is 1.97 bits per heavy atom. The molecule has 0 aliphatic rings. The molecule has 3 aromatic carbocycles. The van der Waals surface area contributed by atoms with Gasteiger partial charge in [-0.05, 0) is 58.5 Å². The third-order valence-electron chi connectivity index (χ3n) is 4.98.